The van der Waals surface area contributed by atoms with Gasteiger partial charge in [0.15, 0.2) is 6.10 Å². The summed E-state index contributed by atoms with van der Waals surface area (Å²) in [7, 11) is 0. The Bertz CT molecular complexity index is 978. The molecule has 2 heterocycles. The Kier molecular flexibility index (Phi) is 4.68. The van der Waals surface area contributed by atoms with E-state index in [0.29, 0.717) is 27.8 Å². The van der Waals surface area contributed by atoms with E-state index >= 15 is 0 Å². The molecule has 144 valence electrons. The summed E-state index contributed by atoms with van der Waals surface area (Å²) in [6, 6.07) is 12.0. The van der Waals surface area contributed by atoms with Crippen LogP contribution in [-0.4, -0.2) is 30.4 Å². The van der Waals surface area contributed by atoms with Crippen molar-refractivity contribution in [3.8, 4) is 5.75 Å². The van der Waals surface area contributed by atoms with Crippen molar-refractivity contribution in [2.24, 2.45) is 5.92 Å². The molecule has 2 aromatic rings. The zero-order valence-electron chi connectivity index (χ0n) is 15.1. The molecule has 0 aromatic heterocycles. The van der Waals surface area contributed by atoms with Gasteiger partial charge in [0.25, 0.3) is 5.91 Å². The first kappa shape index (κ1) is 18.3. The van der Waals surface area contributed by atoms with E-state index in [4.69, 9.17) is 16.3 Å². The van der Waals surface area contributed by atoms with E-state index in [1.54, 1.807) is 54.3 Å². The van der Waals surface area contributed by atoms with Gasteiger partial charge in [-0.05, 0) is 43.3 Å². The van der Waals surface area contributed by atoms with Gasteiger partial charge >= 0.3 is 0 Å². The van der Waals surface area contributed by atoms with Crippen molar-refractivity contribution in [1.29, 1.82) is 0 Å². The standard InChI is InChI=1S/C20H18ClN3O4/c1-11-19(26)23-16-9-14(5-6-17(16)28-11)22-20(27)12-7-18(25)24(10-12)15-4-2-3-13(21)8-15/h2-6,8-9,11-12H,7,10H2,1H3,(H,22,27)(H,23,26). The Morgan fingerprint density at radius 1 is 1.25 bits per heavy atom. The zero-order chi connectivity index (χ0) is 19.8. The molecule has 8 heteroatoms. The van der Waals surface area contributed by atoms with Crippen molar-refractivity contribution in [1.82, 2.24) is 0 Å². The second kappa shape index (κ2) is 7.16. The molecule has 2 unspecified atom stereocenters. The van der Waals surface area contributed by atoms with Gasteiger partial charge < -0.3 is 20.3 Å². The summed E-state index contributed by atoms with van der Waals surface area (Å²) in [6.07, 6.45) is -0.435. The lowest BCUT2D eigenvalue weighted by Gasteiger charge is -2.24. The summed E-state index contributed by atoms with van der Waals surface area (Å²) < 4.78 is 5.50. The molecule has 0 bridgehead atoms. The number of hydrogen-bond acceptors (Lipinski definition) is 4. The summed E-state index contributed by atoms with van der Waals surface area (Å²) in [6.45, 7) is 1.95. The third-order valence-electron chi connectivity index (χ3n) is 4.79. The Labute approximate surface area is 166 Å². The Hall–Kier alpha value is -3.06. The van der Waals surface area contributed by atoms with E-state index in [1.807, 2.05) is 0 Å². The lowest BCUT2D eigenvalue weighted by atomic mass is 10.1. The van der Waals surface area contributed by atoms with Crippen molar-refractivity contribution in [3.05, 3.63) is 47.5 Å². The van der Waals surface area contributed by atoms with Crippen LogP contribution in [-0.2, 0) is 14.4 Å². The van der Waals surface area contributed by atoms with E-state index in [1.165, 1.54) is 0 Å². The van der Waals surface area contributed by atoms with Gasteiger partial charge in [0, 0.05) is 29.4 Å². The summed E-state index contributed by atoms with van der Waals surface area (Å²) in [5.74, 6) is -0.548. The summed E-state index contributed by atoms with van der Waals surface area (Å²) in [4.78, 5) is 38.3. The Balaban J connectivity index is 1.45. The number of rotatable bonds is 3. The average Bonchev–Trinajstić information content (AvgIpc) is 3.05. The summed E-state index contributed by atoms with van der Waals surface area (Å²) in [5.41, 5.74) is 1.70. The lowest BCUT2D eigenvalue weighted by Crippen LogP contribution is -2.34. The van der Waals surface area contributed by atoms with Crippen LogP contribution in [0.3, 0.4) is 0 Å². The van der Waals surface area contributed by atoms with Crippen molar-refractivity contribution < 1.29 is 19.1 Å². The molecular formula is C20H18ClN3O4. The zero-order valence-corrected chi connectivity index (χ0v) is 15.8. The van der Waals surface area contributed by atoms with E-state index < -0.39 is 12.0 Å². The van der Waals surface area contributed by atoms with Crippen LogP contribution in [0.1, 0.15) is 13.3 Å². The molecule has 2 aromatic carbocycles. The minimum Gasteiger partial charge on any atom is -0.479 e. The number of carbonyl (C=O) groups excluding carboxylic acids is 3. The van der Waals surface area contributed by atoms with Crippen molar-refractivity contribution in [2.45, 2.75) is 19.4 Å². The molecule has 1 saturated heterocycles. The highest BCUT2D eigenvalue weighted by atomic mass is 35.5. The fourth-order valence-electron chi connectivity index (χ4n) is 3.31. The number of fused-ring (bicyclic) bond motifs is 1. The van der Waals surface area contributed by atoms with Crippen LogP contribution >= 0.6 is 11.6 Å². The van der Waals surface area contributed by atoms with Gasteiger partial charge in [-0.15, -0.1) is 0 Å². The van der Waals surface area contributed by atoms with Crippen molar-refractivity contribution in [2.75, 3.05) is 22.1 Å². The molecular weight excluding hydrogens is 382 g/mol. The van der Waals surface area contributed by atoms with E-state index in [9.17, 15) is 14.4 Å². The normalized spacial score (nSPS) is 21.0. The summed E-state index contributed by atoms with van der Waals surface area (Å²) in [5, 5.41) is 6.09. The molecule has 0 aliphatic carbocycles. The molecule has 0 radical (unpaired) electrons. The predicted molar refractivity (Wildman–Crippen MR) is 106 cm³/mol. The van der Waals surface area contributed by atoms with Crippen LogP contribution in [0, 0.1) is 5.92 Å². The van der Waals surface area contributed by atoms with Gasteiger partial charge in [0.05, 0.1) is 11.6 Å². The third kappa shape index (κ3) is 3.53. The molecule has 7 nitrogen and oxygen atoms in total. The highest BCUT2D eigenvalue weighted by molar-refractivity contribution is 6.31. The molecule has 4 rings (SSSR count). The van der Waals surface area contributed by atoms with Crippen LogP contribution in [0.2, 0.25) is 5.02 Å². The van der Waals surface area contributed by atoms with E-state index in [-0.39, 0.29) is 30.7 Å². The number of amides is 3. The number of halogens is 1. The monoisotopic (exact) mass is 399 g/mol. The number of ether oxygens (including phenoxy) is 1. The third-order valence-corrected chi connectivity index (χ3v) is 5.03. The van der Waals surface area contributed by atoms with Gasteiger partial charge in [-0.3, -0.25) is 14.4 Å². The number of benzene rings is 2. The van der Waals surface area contributed by atoms with Crippen LogP contribution < -0.4 is 20.3 Å². The van der Waals surface area contributed by atoms with Crippen LogP contribution in [0.25, 0.3) is 0 Å². The Morgan fingerprint density at radius 3 is 2.86 bits per heavy atom. The summed E-state index contributed by atoms with van der Waals surface area (Å²) >= 11 is 6.00. The number of anilines is 3. The second-order valence-electron chi connectivity index (χ2n) is 6.83. The molecule has 2 aliphatic heterocycles. The van der Waals surface area contributed by atoms with Crippen LogP contribution in [0.15, 0.2) is 42.5 Å². The molecule has 2 N–H and O–H groups in total. The predicted octanol–water partition coefficient (Wildman–Crippen LogP) is 3.05. The largest absolute Gasteiger partial charge is 0.479 e. The maximum Gasteiger partial charge on any atom is 0.265 e. The first-order valence-corrected chi connectivity index (χ1v) is 9.27. The minimum absolute atomic E-state index is 0.123. The van der Waals surface area contributed by atoms with Gasteiger partial charge in [0.2, 0.25) is 11.8 Å². The SMILES string of the molecule is CC1Oc2ccc(NC(=O)C3CC(=O)N(c4cccc(Cl)c4)C3)cc2NC1=O. The van der Waals surface area contributed by atoms with Crippen LogP contribution in [0.5, 0.6) is 5.75 Å². The molecule has 2 atom stereocenters. The van der Waals surface area contributed by atoms with Gasteiger partial charge in [-0.1, -0.05) is 17.7 Å². The molecule has 1 fully saturated rings. The molecule has 28 heavy (non-hydrogen) atoms. The number of nitrogens with zero attached hydrogens (tertiary/aromatic N) is 1. The fourth-order valence-corrected chi connectivity index (χ4v) is 3.49. The second-order valence-corrected chi connectivity index (χ2v) is 7.27. The number of nitrogens with one attached hydrogen (secondary N) is 2. The average molecular weight is 400 g/mol. The van der Waals surface area contributed by atoms with Crippen molar-refractivity contribution >= 4 is 46.4 Å². The quantitative estimate of drug-likeness (QED) is 0.830. The fraction of sp³-hybridized carbons (Fsp3) is 0.250. The van der Waals surface area contributed by atoms with E-state index in [0.717, 1.165) is 0 Å². The first-order valence-electron chi connectivity index (χ1n) is 8.89. The number of hydrogen-bond donors (Lipinski definition) is 2. The highest BCUT2D eigenvalue weighted by Gasteiger charge is 2.35. The topological polar surface area (TPSA) is 87.7 Å². The minimum atomic E-state index is -0.560. The number of carbonyl (C=O) groups is 3. The van der Waals surface area contributed by atoms with Gasteiger partial charge in [-0.25, -0.2) is 0 Å². The van der Waals surface area contributed by atoms with Crippen molar-refractivity contribution in [3.63, 3.8) is 0 Å². The lowest BCUT2D eigenvalue weighted by molar-refractivity contribution is -0.122. The van der Waals surface area contributed by atoms with E-state index in [2.05, 4.69) is 10.6 Å². The molecule has 0 saturated carbocycles. The molecule has 0 spiro atoms. The smallest absolute Gasteiger partial charge is 0.265 e. The van der Waals surface area contributed by atoms with Gasteiger partial charge in [-0.2, -0.15) is 0 Å². The van der Waals surface area contributed by atoms with Gasteiger partial charge in [0.1, 0.15) is 5.75 Å². The van der Waals surface area contributed by atoms with Crippen LogP contribution in [0.4, 0.5) is 17.1 Å². The first-order chi connectivity index (χ1) is 13.4. The molecule has 3 amide bonds. The maximum absolute atomic E-state index is 12.7. The Morgan fingerprint density at radius 2 is 2.07 bits per heavy atom. The molecule has 2 aliphatic rings. The maximum atomic E-state index is 12.7. The highest BCUT2D eigenvalue weighted by Crippen LogP contribution is 2.33.